The second kappa shape index (κ2) is 6.70. The lowest BCUT2D eigenvalue weighted by atomic mass is 9.85. The fourth-order valence-corrected chi connectivity index (χ4v) is 5.21. The Labute approximate surface area is 144 Å². The van der Waals surface area contributed by atoms with Crippen LogP contribution in [0.2, 0.25) is 0 Å². The van der Waals surface area contributed by atoms with E-state index in [9.17, 15) is 9.59 Å². The van der Waals surface area contributed by atoms with Crippen LogP contribution in [0.1, 0.15) is 55.3 Å². The standard InChI is InChI=1S/C21H27NO2/c23-20(14-19-13-15-6-7-18(19)12-15)22-10-8-17(9-11-22)21(24)16-4-2-1-3-5-16/h1-5,15,17-19H,6-14H2. The summed E-state index contributed by atoms with van der Waals surface area (Å²) in [6, 6.07) is 9.57. The number of rotatable bonds is 4. The molecular formula is C21H27NO2. The van der Waals surface area contributed by atoms with Gasteiger partial charge in [-0.25, -0.2) is 0 Å². The number of carbonyl (C=O) groups excluding carboxylic acids is 2. The van der Waals surface area contributed by atoms with Gasteiger partial charge in [-0.2, -0.15) is 0 Å². The zero-order valence-corrected chi connectivity index (χ0v) is 14.3. The molecule has 4 rings (SSSR count). The van der Waals surface area contributed by atoms with Crippen LogP contribution in [0, 0.1) is 23.7 Å². The van der Waals surface area contributed by atoms with Crippen molar-refractivity contribution in [2.75, 3.05) is 13.1 Å². The van der Waals surface area contributed by atoms with E-state index in [1.807, 2.05) is 35.2 Å². The first-order valence-electron chi connectivity index (χ1n) is 9.57. The Morgan fingerprint density at radius 2 is 1.71 bits per heavy atom. The van der Waals surface area contributed by atoms with Gasteiger partial charge in [0.05, 0.1) is 0 Å². The van der Waals surface area contributed by atoms with Crippen molar-refractivity contribution in [3.63, 3.8) is 0 Å². The summed E-state index contributed by atoms with van der Waals surface area (Å²) in [6.45, 7) is 1.51. The van der Waals surface area contributed by atoms with Gasteiger partial charge in [-0.15, -0.1) is 0 Å². The molecule has 1 saturated heterocycles. The van der Waals surface area contributed by atoms with E-state index in [0.717, 1.165) is 49.8 Å². The predicted molar refractivity (Wildman–Crippen MR) is 93.6 cm³/mol. The predicted octanol–water partition coefficient (Wildman–Crippen LogP) is 3.93. The number of ketones is 1. The van der Waals surface area contributed by atoms with Gasteiger partial charge in [-0.1, -0.05) is 36.8 Å². The molecule has 1 amide bonds. The summed E-state index contributed by atoms with van der Waals surface area (Å²) in [5.74, 6) is 3.02. The van der Waals surface area contributed by atoms with Crippen molar-refractivity contribution in [3.05, 3.63) is 35.9 Å². The highest BCUT2D eigenvalue weighted by Crippen LogP contribution is 2.49. The average molecular weight is 325 g/mol. The molecule has 3 fully saturated rings. The molecule has 1 aromatic rings. The van der Waals surface area contributed by atoms with Gasteiger partial charge < -0.3 is 4.90 Å². The van der Waals surface area contributed by atoms with Gasteiger partial charge in [-0.05, 0) is 49.9 Å². The van der Waals surface area contributed by atoms with E-state index in [2.05, 4.69) is 0 Å². The summed E-state index contributed by atoms with van der Waals surface area (Å²) in [7, 11) is 0. The Kier molecular flexibility index (Phi) is 4.43. The summed E-state index contributed by atoms with van der Waals surface area (Å²) in [4.78, 5) is 27.2. The van der Waals surface area contributed by atoms with Crippen LogP contribution >= 0.6 is 0 Å². The molecule has 2 saturated carbocycles. The van der Waals surface area contributed by atoms with Crippen LogP contribution in [-0.2, 0) is 4.79 Å². The number of benzene rings is 1. The monoisotopic (exact) mass is 325 g/mol. The minimum Gasteiger partial charge on any atom is -0.343 e. The lowest BCUT2D eigenvalue weighted by Gasteiger charge is -2.33. The van der Waals surface area contributed by atoms with Crippen LogP contribution in [0.4, 0.5) is 0 Å². The van der Waals surface area contributed by atoms with Crippen LogP contribution in [-0.4, -0.2) is 29.7 Å². The third-order valence-corrected chi connectivity index (χ3v) is 6.60. The van der Waals surface area contributed by atoms with Crippen molar-refractivity contribution >= 4 is 11.7 Å². The molecule has 0 N–H and O–H groups in total. The molecule has 128 valence electrons. The normalized spacial score (nSPS) is 29.8. The van der Waals surface area contributed by atoms with Gasteiger partial charge in [0.15, 0.2) is 5.78 Å². The van der Waals surface area contributed by atoms with Crippen molar-refractivity contribution in [1.29, 1.82) is 0 Å². The number of fused-ring (bicyclic) bond motifs is 2. The van der Waals surface area contributed by atoms with E-state index in [0.29, 0.717) is 11.8 Å². The van der Waals surface area contributed by atoms with Crippen molar-refractivity contribution in [2.45, 2.75) is 44.9 Å². The van der Waals surface area contributed by atoms with Crippen LogP contribution in [0.25, 0.3) is 0 Å². The third kappa shape index (κ3) is 3.13. The molecule has 3 aliphatic rings. The third-order valence-electron chi connectivity index (χ3n) is 6.60. The van der Waals surface area contributed by atoms with Crippen LogP contribution < -0.4 is 0 Å². The molecule has 3 atom stereocenters. The molecule has 0 aromatic heterocycles. The molecular weight excluding hydrogens is 298 g/mol. The van der Waals surface area contributed by atoms with E-state index in [-0.39, 0.29) is 11.7 Å². The van der Waals surface area contributed by atoms with Crippen LogP contribution in [0.5, 0.6) is 0 Å². The SMILES string of the molecule is O=C(c1ccccc1)C1CCN(C(=O)CC2CC3CCC2C3)CC1. The Balaban J connectivity index is 1.28. The molecule has 1 aliphatic heterocycles. The topological polar surface area (TPSA) is 37.4 Å². The van der Waals surface area contributed by atoms with Crippen molar-refractivity contribution in [1.82, 2.24) is 4.90 Å². The number of amides is 1. The first kappa shape index (κ1) is 15.9. The van der Waals surface area contributed by atoms with Crippen molar-refractivity contribution in [2.24, 2.45) is 23.7 Å². The summed E-state index contributed by atoms with van der Waals surface area (Å²) in [6.07, 6.45) is 7.76. The van der Waals surface area contributed by atoms with E-state index >= 15 is 0 Å². The molecule has 24 heavy (non-hydrogen) atoms. The Bertz CT molecular complexity index is 604. The molecule has 1 aromatic carbocycles. The smallest absolute Gasteiger partial charge is 0.222 e. The number of carbonyl (C=O) groups is 2. The van der Waals surface area contributed by atoms with Gasteiger partial charge in [0.1, 0.15) is 0 Å². The van der Waals surface area contributed by atoms with Crippen LogP contribution in [0.3, 0.4) is 0 Å². The molecule has 3 unspecified atom stereocenters. The van der Waals surface area contributed by atoms with Gasteiger partial charge in [-0.3, -0.25) is 9.59 Å². The average Bonchev–Trinajstić information content (AvgIpc) is 3.25. The maximum atomic E-state index is 12.6. The molecule has 0 radical (unpaired) electrons. The number of Topliss-reactive ketones (excluding diaryl/α,β-unsaturated/α-hetero) is 1. The fourth-order valence-electron chi connectivity index (χ4n) is 5.21. The number of nitrogens with zero attached hydrogens (tertiary/aromatic N) is 1. The molecule has 2 bridgehead atoms. The summed E-state index contributed by atoms with van der Waals surface area (Å²) >= 11 is 0. The maximum Gasteiger partial charge on any atom is 0.222 e. The Morgan fingerprint density at radius 3 is 2.33 bits per heavy atom. The Morgan fingerprint density at radius 1 is 0.958 bits per heavy atom. The highest BCUT2D eigenvalue weighted by molar-refractivity contribution is 5.98. The quantitative estimate of drug-likeness (QED) is 0.787. The summed E-state index contributed by atoms with van der Waals surface area (Å²) < 4.78 is 0. The second-order valence-electron chi connectivity index (χ2n) is 8.02. The van der Waals surface area contributed by atoms with E-state index in [1.165, 1.54) is 25.7 Å². The first-order chi connectivity index (χ1) is 11.7. The highest BCUT2D eigenvalue weighted by Gasteiger charge is 2.41. The molecule has 3 nitrogen and oxygen atoms in total. The van der Waals surface area contributed by atoms with E-state index < -0.39 is 0 Å². The molecule has 0 spiro atoms. The number of hydrogen-bond acceptors (Lipinski definition) is 2. The van der Waals surface area contributed by atoms with E-state index in [4.69, 9.17) is 0 Å². The first-order valence-corrected chi connectivity index (χ1v) is 9.57. The van der Waals surface area contributed by atoms with Gasteiger partial charge in [0.25, 0.3) is 0 Å². The zero-order chi connectivity index (χ0) is 16.5. The minimum atomic E-state index is 0.0824. The van der Waals surface area contributed by atoms with Crippen LogP contribution in [0.15, 0.2) is 30.3 Å². The molecule has 1 heterocycles. The zero-order valence-electron chi connectivity index (χ0n) is 14.3. The van der Waals surface area contributed by atoms with Gasteiger partial charge in [0.2, 0.25) is 5.91 Å². The Hall–Kier alpha value is -1.64. The van der Waals surface area contributed by atoms with Gasteiger partial charge in [0, 0.05) is 31.0 Å². The minimum absolute atomic E-state index is 0.0824. The lowest BCUT2D eigenvalue weighted by Crippen LogP contribution is -2.41. The largest absolute Gasteiger partial charge is 0.343 e. The molecule has 2 aliphatic carbocycles. The summed E-state index contributed by atoms with van der Waals surface area (Å²) in [5, 5.41) is 0. The maximum absolute atomic E-state index is 12.6. The number of likely N-dealkylation sites (tertiary alicyclic amines) is 1. The van der Waals surface area contributed by atoms with Crippen molar-refractivity contribution < 1.29 is 9.59 Å². The van der Waals surface area contributed by atoms with Gasteiger partial charge >= 0.3 is 0 Å². The van der Waals surface area contributed by atoms with E-state index in [1.54, 1.807) is 0 Å². The summed E-state index contributed by atoms with van der Waals surface area (Å²) in [5.41, 5.74) is 0.809. The highest BCUT2D eigenvalue weighted by atomic mass is 16.2. The second-order valence-corrected chi connectivity index (χ2v) is 8.02. The number of hydrogen-bond donors (Lipinski definition) is 0. The molecule has 3 heteroatoms. The fraction of sp³-hybridized carbons (Fsp3) is 0.619. The number of piperidine rings is 1. The lowest BCUT2D eigenvalue weighted by molar-refractivity contribution is -0.133. The van der Waals surface area contributed by atoms with Crippen molar-refractivity contribution in [3.8, 4) is 0 Å².